The van der Waals surface area contributed by atoms with Crippen molar-refractivity contribution in [2.24, 2.45) is 11.8 Å². The molecule has 0 radical (unpaired) electrons. The van der Waals surface area contributed by atoms with Gasteiger partial charge in [0.15, 0.2) is 5.69 Å². The van der Waals surface area contributed by atoms with Crippen LogP contribution in [0.4, 0.5) is 13.2 Å². The van der Waals surface area contributed by atoms with Crippen LogP contribution in [-0.4, -0.2) is 59.4 Å². The highest BCUT2D eigenvalue weighted by atomic mass is 19.4. The second-order valence-electron chi connectivity index (χ2n) is 6.47. The van der Waals surface area contributed by atoms with Gasteiger partial charge in [-0.3, -0.25) is 9.59 Å². The van der Waals surface area contributed by atoms with Crippen LogP contribution in [0, 0.1) is 11.8 Å². The maximum atomic E-state index is 13.3. The topological polar surface area (TPSA) is 95.7 Å². The van der Waals surface area contributed by atoms with Gasteiger partial charge in [-0.05, 0) is 18.8 Å². The van der Waals surface area contributed by atoms with Crippen molar-refractivity contribution in [3.63, 3.8) is 0 Å². The van der Waals surface area contributed by atoms with Gasteiger partial charge in [0.25, 0.3) is 5.91 Å². The predicted molar refractivity (Wildman–Crippen MR) is 77.5 cm³/mol. The van der Waals surface area contributed by atoms with Crippen molar-refractivity contribution in [1.29, 1.82) is 0 Å². The SMILES string of the molecule is O=C(CO)NCC1CN(C(=O)c2nocc2C2CC2)CC1C(F)(F)F. The lowest BCUT2D eigenvalue weighted by Crippen LogP contribution is -2.38. The maximum absolute atomic E-state index is 13.3. The van der Waals surface area contributed by atoms with Crippen LogP contribution in [0.1, 0.15) is 34.8 Å². The quantitative estimate of drug-likeness (QED) is 0.813. The number of hydrogen-bond donors (Lipinski definition) is 2. The highest BCUT2D eigenvalue weighted by Gasteiger charge is 2.51. The lowest BCUT2D eigenvalue weighted by Gasteiger charge is -2.20. The third-order valence-electron chi connectivity index (χ3n) is 4.67. The zero-order valence-corrected chi connectivity index (χ0v) is 13.3. The molecule has 2 atom stereocenters. The summed E-state index contributed by atoms with van der Waals surface area (Å²) < 4.78 is 44.7. The van der Waals surface area contributed by atoms with Crippen LogP contribution in [0.25, 0.3) is 0 Å². The Morgan fingerprint density at radius 3 is 2.68 bits per heavy atom. The molecule has 0 aromatic carbocycles. The zero-order chi connectivity index (χ0) is 18.2. The number of rotatable bonds is 5. The van der Waals surface area contributed by atoms with Crippen LogP contribution in [-0.2, 0) is 4.79 Å². The normalized spacial score (nSPS) is 23.8. The number of amides is 2. The molecule has 2 heterocycles. The summed E-state index contributed by atoms with van der Waals surface area (Å²) in [6.07, 6.45) is -1.31. The van der Waals surface area contributed by atoms with Gasteiger partial charge in [-0.2, -0.15) is 13.2 Å². The standard InChI is InChI=1S/C15H18F3N3O4/c16-15(17,18)11-5-21(4-9(11)3-19-12(23)6-22)14(24)13-10(7-25-20-13)8-1-2-8/h7-9,11,22H,1-6H2,(H,19,23). The van der Waals surface area contributed by atoms with Gasteiger partial charge in [-0.15, -0.1) is 0 Å². The summed E-state index contributed by atoms with van der Waals surface area (Å²) >= 11 is 0. The molecule has 10 heteroatoms. The molecule has 3 rings (SSSR count). The number of nitrogens with one attached hydrogen (secondary N) is 1. The van der Waals surface area contributed by atoms with Crippen molar-refractivity contribution in [3.8, 4) is 0 Å². The molecule has 0 spiro atoms. The number of carbonyl (C=O) groups excluding carboxylic acids is 2. The Morgan fingerprint density at radius 2 is 2.08 bits per heavy atom. The van der Waals surface area contributed by atoms with E-state index in [0.29, 0.717) is 5.56 Å². The van der Waals surface area contributed by atoms with Crippen molar-refractivity contribution in [3.05, 3.63) is 17.5 Å². The number of alkyl halides is 3. The third-order valence-corrected chi connectivity index (χ3v) is 4.67. The third kappa shape index (κ3) is 3.78. The van der Waals surface area contributed by atoms with E-state index in [4.69, 9.17) is 9.63 Å². The van der Waals surface area contributed by atoms with Crippen LogP contribution in [0.3, 0.4) is 0 Å². The minimum absolute atomic E-state index is 0.0727. The Morgan fingerprint density at radius 1 is 1.36 bits per heavy atom. The number of aliphatic hydroxyl groups is 1. The van der Waals surface area contributed by atoms with Crippen LogP contribution < -0.4 is 5.32 Å². The summed E-state index contributed by atoms with van der Waals surface area (Å²) in [4.78, 5) is 24.8. The van der Waals surface area contributed by atoms with E-state index >= 15 is 0 Å². The summed E-state index contributed by atoms with van der Waals surface area (Å²) in [5.74, 6) is -3.87. The summed E-state index contributed by atoms with van der Waals surface area (Å²) in [6.45, 7) is -1.69. The van der Waals surface area contributed by atoms with Crippen LogP contribution in [0.2, 0.25) is 0 Å². The minimum Gasteiger partial charge on any atom is -0.387 e. The molecule has 2 N–H and O–H groups in total. The lowest BCUT2D eigenvalue weighted by atomic mass is 9.95. The summed E-state index contributed by atoms with van der Waals surface area (Å²) in [5.41, 5.74) is 0.717. The van der Waals surface area contributed by atoms with Gasteiger partial charge in [-0.25, -0.2) is 0 Å². The van der Waals surface area contributed by atoms with E-state index in [-0.39, 0.29) is 24.7 Å². The van der Waals surface area contributed by atoms with E-state index in [1.807, 2.05) is 0 Å². The number of aliphatic hydroxyl groups excluding tert-OH is 1. The van der Waals surface area contributed by atoms with Crippen LogP contribution in [0.15, 0.2) is 10.8 Å². The molecule has 2 fully saturated rings. The highest BCUT2D eigenvalue weighted by molar-refractivity contribution is 5.94. The second kappa shape index (κ2) is 6.66. The smallest absolute Gasteiger partial charge is 0.387 e. The summed E-state index contributed by atoms with van der Waals surface area (Å²) in [7, 11) is 0. The average Bonchev–Trinajstić information content (AvgIpc) is 3.12. The molecule has 7 nitrogen and oxygen atoms in total. The molecule has 138 valence electrons. The number of halogens is 3. The summed E-state index contributed by atoms with van der Waals surface area (Å²) in [6, 6.07) is 0. The molecule has 1 aromatic rings. The van der Waals surface area contributed by atoms with Gasteiger partial charge in [-0.1, -0.05) is 5.16 Å². The van der Waals surface area contributed by atoms with E-state index in [2.05, 4.69) is 10.5 Å². The zero-order valence-electron chi connectivity index (χ0n) is 13.3. The van der Waals surface area contributed by atoms with Crippen LogP contribution in [0.5, 0.6) is 0 Å². The Balaban J connectivity index is 1.73. The number of hydrogen-bond acceptors (Lipinski definition) is 5. The molecular weight excluding hydrogens is 343 g/mol. The predicted octanol–water partition coefficient (Wildman–Crippen LogP) is 0.911. The first-order valence-electron chi connectivity index (χ1n) is 7.99. The monoisotopic (exact) mass is 361 g/mol. The number of aromatic nitrogens is 1. The fraction of sp³-hybridized carbons (Fsp3) is 0.667. The van der Waals surface area contributed by atoms with Gasteiger partial charge in [0, 0.05) is 31.1 Å². The van der Waals surface area contributed by atoms with Gasteiger partial charge < -0.3 is 19.8 Å². The Hall–Kier alpha value is -2.10. The molecule has 1 saturated heterocycles. The molecule has 1 aromatic heterocycles. The number of carbonyl (C=O) groups is 2. The molecule has 2 amide bonds. The molecule has 1 saturated carbocycles. The molecule has 1 aliphatic heterocycles. The van der Waals surface area contributed by atoms with E-state index in [0.717, 1.165) is 17.7 Å². The Labute approximate surface area is 141 Å². The fourth-order valence-corrected chi connectivity index (χ4v) is 3.16. The molecule has 25 heavy (non-hydrogen) atoms. The summed E-state index contributed by atoms with van der Waals surface area (Å²) in [5, 5.41) is 14.6. The van der Waals surface area contributed by atoms with Gasteiger partial charge in [0.05, 0.1) is 5.92 Å². The maximum Gasteiger partial charge on any atom is 0.393 e. The second-order valence-corrected chi connectivity index (χ2v) is 6.47. The first kappa shape index (κ1) is 17.7. The Kier molecular flexibility index (Phi) is 4.72. The van der Waals surface area contributed by atoms with Crippen molar-refractivity contribution in [2.45, 2.75) is 24.9 Å². The van der Waals surface area contributed by atoms with Crippen molar-refractivity contribution < 1.29 is 32.4 Å². The lowest BCUT2D eigenvalue weighted by molar-refractivity contribution is -0.179. The molecule has 2 aliphatic rings. The van der Waals surface area contributed by atoms with E-state index < -0.39 is 43.0 Å². The molecule has 2 unspecified atom stereocenters. The van der Waals surface area contributed by atoms with Gasteiger partial charge in [0.2, 0.25) is 5.91 Å². The molecular formula is C15H18F3N3O4. The van der Waals surface area contributed by atoms with E-state index in [1.165, 1.54) is 6.26 Å². The van der Waals surface area contributed by atoms with Gasteiger partial charge >= 0.3 is 6.18 Å². The minimum atomic E-state index is -4.49. The van der Waals surface area contributed by atoms with Crippen molar-refractivity contribution in [1.82, 2.24) is 15.4 Å². The first-order valence-corrected chi connectivity index (χ1v) is 7.99. The fourth-order valence-electron chi connectivity index (χ4n) is 3.16. The largest absolute Gasteiger partial charge is 0.393 e. The first-order chi connectivity index (χ1) is 11.8. The number of likely N-dealkylation sites (tertiary alicyclic amines) is 1. The Bertz CT molecular complexity index is 657. The van der Waals surface area contributed by atoms with Crippen LogP contribution >= 0.6 is 0 Å². The van der Waals surface area contributed by atoms with Gasteiger partial charge in [0.1, 0.15) is 12.9 Å². The van der Waals surface area contributed by atoms with Crippen molar-refractivity contribution in [2.75, 3.05) is 26.2 Å². The average molecular weight is 361 g/mol. The van der Waals surface area contributed by atoms with E-state index in [1.54, 1.807) is 0 Å². The number of nitrogens with zero attached hydrogens (tertiary/aromatic N) is 2. The highest BCUT2D eigenvalue weighted by Crippen LogP contribution is 2.42. The van der Waals surface area contributed by atoms with Crippen molar-refractivity contribution >= 4 is 11.8 Å². The molecule has 1 aliphatic carbocycles. The molecule has 0 bridgehead atoms. The van der Waals surface area contributed by atoms with E-state index in [9.17, 15) is 22.8 Å².